The summed E-state index contributed by atoms with van der Waals surface area (Å²) >= 11 is 0. The average molecular weight is 373 g/mol. The van der Waals surface area contributed by atoms with Gasteiger partial charge >= 0.3 is 12.0 Å². The molecule has 0 bridgehead atoms. The Bertz CT molecular complexity index is 888. The van der Waals surface area contributed by atoms with Crippen LogP contribution in [-0.2, 0) is 0 Å². The number of terminal acetylenes is 1. The fourth-order valence-electron chi connectivity index (χ4n) is 2.23. The highest BCUT2D eigenvalue weighted by molar-refractivity contribution is 5.94. The van der Waals surface area contributed by atoms with E-state index < -0.39 is 12.0 Å². The zero-order chi connectivity index (χ0) is 19.9. The summed E-state index contributed by atoms with van der Waals surface area (Å²) in [6, 6.07) is 6.59. The molecule has 0 atom stereocenters. The summed E-state index contributed by atoms with van der Waals surface area (Å²) in [5.41, 5.74) is -0.0109. The number of hydrogen-bond donors (Lipinski definition) is 2. The number of halogens is 2. The van der Waals surface area contributed by atoms with Crippen molar-refractivity contribution < 1.29 is 28.2 Å². The van der Waals surface area contributed by atoms with Gasteiger partial charge in [0.2, 0.25) is 0 Å². The van der Waals surface area contributed by atoms with E-state index in [4.69, 9.17) is 21.0 Å². The first-order chi connectivity index (χ1) is 12.9. The van der Waals surface area contributed by atoms with Crippen LogP contribution >= 0.6 is 0 Å². The molecule has 2 rings (SSSR count). The van der Waals surface area contributed by atoms with Crippen LogP contribution in [0.2, 0.25) is 0 Å². The van der Waals surface area contributed by atoms with E-state index in [-0.39, 0.29) is 17.9 Å². The Hall–Kier alpha value is -3.53. The van der Waals surface area contributed by atoms with Crippen LogP contribution in [0.1, 0.15) is 15.9 Å². The maximum absolute atomic E-state index is 14.2. The smallest absolute Gasteiger partial charge is 0.343 e. The summed E-state index contributed by atoms with van der Waals surface area (Å²) in [5.74, 6) is 1.75. The van der Waals surface area contributed by atoms with Crippen molar-refractivity contribution in [1.82, 2.24) is 0 Å². The molecular weight excluding hydrogens is 356 g/mol. The molecule has 2 aromatic rings. The molecule has 0 saturated heterocycles. The van der Waals surface area contributed by atoms with Crippen molar-refractivity contribution in [3.8, 4) is 23.8 Å². The fourth-order valence-corrected chi connectivity index (χ4v) is 2.23. The number of para-hydroxylation sites is 1. The number of aromatic carboxylic acids is 1. The summed E-state index contributed by atoms with van der Waals surface area (Å²) in [6.07, 6.45) is 6.95. The zero-order valence-electron chi connectivity index (χ0n) is 14.4. The van der Waals surface area contributed by atoms with Crippen LogP contribution in [0.25, 0.3) is 6.08 Å². The maximum Gasteiger partial charge on any atom is 0.343 e. The van der Waals surface area contributed by atoms with Crippen molar-refractivity contribution in [2.45, 2.75) is 6.05 Å². The Balaban J connectivity index is 2.21. The minimum absolute atomic E-state index is 0.00716. The van der Waals surface area contributed by atoms with Gasteiger partial charge in [-0.05, 0) is 29.8 Å². The van der Waals surface area contributed by atoms with Gasteiger partial charge in [0.05, 0.1) is 18.4 Å². The standard InChI is InChI=1S/C20H17F2NO4/c1-3-12-27-18-13-14(8-9-17(18)26-2)10-11-20(21,22)23-16-7-5-4-6-15(16)19(24)25/h1,4-11,13,23H,12H2,2H3,(H,24,25)/b11-10+. The van der Waals surface area contributed by atoms with Crippen LogP contribution in [0.5, 0.6) is 11.5 Å². The summed E-state index contributed by atoms with van der Waals surface area (Å²) in [4.78, 5) is 11.1. The SMILES string of the molecule is C#CCOc1cc(/C=C/C(F)(F)Nc2ccccc2C(=O)O)ccc1OC. The van der Waals surface area contributed by atoms with Crippen LogP contribution in [0.15, 0.2) is 48.5 Å². The first kappa shape index (κ1) is 19.8. The lowest BCUT2D eigenvalue weighted by Gasteiger charge is -2.17. The molecular formula is C20H17F2NO4. The van der Waals surface area contributed by atoms with Crippen LogP contribution < -0.4 is 14.8 Å². The van der Waals surface area contributed by atoms with Crippen molar-refractivity contribution in [2.75, 3.05) is 19.0 Å². The molecule has 0 heterocycles. The fraction of sp³-hybridized carbons (Fsp3) is 0.150. The number of carboxylic acids is 1. The van der Waals surface area contributed by atoms with Crippen LogP contribution in [0.4, 0.5) is 14.5 Å². The van der Waals surface area contributed by atoms with E-state index in [1.807, 2.05) is 5.32 Å². The van der Waals surface area contributed by atoms with Crippen molar-refractivity contribution in [1.29, 1.82) is 0 Å². The highest BCUT2D eigenvalue weighted by atomic mass is 19.3. The van der Waals surface area contributed by atoms with Crippen molar-refractivity contribution in [3.05, 3.63) is 59.7 Å². The number of alkyl halides is 2. The molecule has 0 unspecified atom stereocenters. The van der Waals surface area contributed by atoms with E-state index in [9.17, 15) is 13.6 Å². The second kappa shape index (κ2) is 8.72. The molecule has 0 spiro atoms. The Morgan fingerprint density at radius 3 is 2.70 bits per heavy atom. The molecule has 2 N–H and O–H groups in total. The lowest BCUT2D eigenvalue weighted by atomic mass is 10.1. The predicted octanol–water partition coefficient (Wildman–Crippen LogP) is 4.12. The maximum atomic E-state index is 14.2. The number of ether oxygens (including phenoxy) is 2. The lowest BCUT2D eigenvalue weighted by molar-refractivity contribution is 0.0695. The van der Waals surface area contributed by atoms with E-state index in [1.165, 1.54) is 43.5 Å². The molecule has 0 amide bonds. The van der Waals surface area contributed by atoms with Gasteiger partial charge in [0.1, 0.15) is 6.61 Å². The van der Waals surface area contributed by atoms with Gasteiger partial charge in [0.25, 0.3) is 0 Å². The zero-order valence-corrected chi connectivity index (χ0v) is 14.4. The van der Waals surface area contributed by atoms with E-state index >= 15 is 0 Å². The number of methoxy groups -OCH3 is 1. The molecule has 0 radical (unpaired) electrons. The van der Waals surface area contributed by atoms with Gasteiger partial charge in [-0.15, -0.1) is 6.42 Å². The molecule has 5 nitrogen and oxygen atoms in total. The second-order valence-corrected chi connectivity index (χ2v) is 5.34. The molecule has 7 heteroatoms. The summed E-state index contributed by atoms with van der Waals surface area (Å²) in [5, 5.41) is 11.0. The van der Waals surface area contributed by atoms with Gasteiger partial charge in [0, 0.05) is 6.08 Å². The average Bonchev–Trinajstić information content (AvgIpc) is 2.64. The summed E-state index contributed by atoms with van der Waals surface area (Å²) < 4.78 is 38.9. The monoisotopic (exact) mass is 373 g/mol. The minimum atomic E-state index is -3.48. The number of carbonyl (C=O) groups is 1. The van der Waals surface area contributed by atoms with E-state index in [2.05, 4.69) is 5.92 Å². The molecule has 27 heavy (non-hydrogen) atoms. The first-order valence-corrected chi connectivity index (χ1v) is 7.78. The van der Waals surface area contributed by atoms with Crippen molar-refractivity contribution >= 4 is 17.7 Å². The van der Waals surface area contributed by atoms with Gasteiger partial charge in [-0.3, -0.25) is 0 Å². The normalized spacial score (nSPS) is 11.0. The highest BCUT2D eigenvalue weighted by Gasteiger charge is 2.26. The van der Waals surface area contributed by atoms with Gasteiger partial charge in [-0.2, -0.15) is 8.78 Å². The Kier molecular flexibility index (Phi) is 6.39. The Morgan fingerprint density at radius 2 is 2.04 bits per heavy atom. The summed E-state index contributed by atoms with van der Waals surface area (Å²) in [7, 11) is 1.45. The Morgan fingerprint density at radius 1 is 1.30 bits per heavy atom. The van der Waals surface area contributed by atoms with Crippen LogP contribution in [0, 0.1) is 12.3 Å². The molecule has 2 aromatic carbocycles. The number of rotatable bonds is 8. The van der Waals surface area contributed by atoms with Gasteiger partial charge in [0.15, 0.2) is 11.5 Å². The van der Waals surface area contributed by atoms with Crippen molar-refractivity contribution in [2.24, 2.45) is 0 Å². The van der Waals surface area contributed by atoms with Gasteiger partial charge in [-0.1, -0.05) is 30.2 Å². The quantitative estimate of drug-likeness (QED) is 0.538. The topological polar surface area (TPSA) is 67.8 Å². The number of nitrogens with one attached hydrogen (secondary N) is 1. The number of benzene rings is 2. The molecule has 0 aromatic heterocycles. The van der Waals surface area contributed by atoms with Gasteiger partial charge in [-0.25, -0.2) is 4.79 Å². The van der Waals surface area contributed by atoms with Crippen molar-refractivity contribution in [3.63, 3.8) is 0 Å². The third-order valence-corrected chi connectivity index (χ3v) is 3.44. The highest BCUT2D eigenvalue weighted by Crippen LogP contribution is 2.29. The van der Waals surface area contributed by atoms with Gasteiger partial charge < -0.3 is 19.9 Å². The predicted molar refractivity (Wildman–Crippen MR) is 98.3 cm³/mol. The molecule has 0 fully saturated rings. The number of hydrogen-bond acceptors (Lipinski definition) is 4. The van der Waals surface area contributed by atoms with E-state index in [0.717, 1.165) is 0 Å². The molecule has 140 valence electrons. The minimum Gasteiger partial charge on any atom is -0.493 e. The Labute approximate surface area is 155 Å². The van der Waals surface area contributed by atoms with Crippen LogP contribution in [-0.4, -0.2) is 30.8 Å². The van der Waals surface area contributed by atoms with E-state index in [0.29, 0.717) is 23.1 Å². The molecule has 0 saturated carbocycles. The number of anilines is 1. The third kappa shape index (κ3) is 5.47. The van der Waals surface area contributed by atoms with Crippen LogP contribution in [0.3, 0.4) is 0 Å². The summed E-state index contributed by atoms with van der Waals surface area (Å²) in [6.45, 7) is 0.00716. The lowest BCUT2D eigenvalue weighted by Crippen LogP contribution is -2.25. The number of carboxylic acid groups (broad SMARTS) is 1. The second-order valence-electron chi connectivity index (χ2n) is 5.34. The largest absolute Gasteiger partial charge is 0.493 e. The first-order valence-electron chi connectivity index (χ1n) is 7.78. The third-order valence-electron chi connectivity index (χ3n) is 3.44. The van der Waals surface area contributed by atoms with E-state index in [1.54, 1.807) is 12.1 Å². The molecule has 0 aliphatic rings. The molecule has 0 aliphatic heterocycles. The molecule has 0 aliphatic carbocycles.